The molecule has 1 rings (SSSR count). The van der Waals surface area contributed by atoms with E-state index in [1.165, 1.54) is 161 Å². The van der Waals surface area contributed by atoms with Crippen LogP contribution in [0.25, 0.3) is 0 Å². The van der Waals surface area contributed by atoms with Crippen molar-refractivity contribution in [1.29, 1.82) is 0 Å². The molecule has 0 N–H and O–H groups in total. The second-order valence-electron chi connectivity index (χ2n) is 11.8. The zero-order chi connectivity index (χ0) is 24.0. The van der Waals surface area contributed by atoms with E-state index in [0.29, 0.717) is 0 Å². The van der Waals surface area contributed by atoms with Gasteiger partial charge < -0.3 is 4.90 Å². The molecule has 0 aliphatic heterocycles. The monoisotopic (exact) mass is 464 g/mol. The van der Waals surface area contributed by atoms with E-state index in [9.17, 15) is 0 Å². The summed E-state index contributed by atoms with van der Waals surface area (Å²) in [4.78, 5) is 2.55. The fraction of sp³-hybridized carbons (Fsp3) is 1.00. The predicted octanol–water partition coefficient (Wildman–Crippen LogP) is 11.0. The minimum absolute atomic E-state index is 0.863. The highest BCUT2D eigenvalue weighted by Gasteiger charge is 2.42. The Labute approximate surface area is 211 Å². The fourth-order valence-electron chi connectivity index (χ4n) is 6.02. The quantitative estimate of drug-likeness (QED) is 0.115. The molecular formula is C32H65N. The molecule has 1 heteroatoms. The molecule has 0 heterocycles. The van der Waals surface area contributed by atoms with Crippen molar-refractivity contribution in [3.63, 3.8) is 0 Å². The van der Waals surface area contributed by atoms with E-state index in [1.807, 2.05) is 0 Å². The highest BCUT2D eigenvalue weighted by molar-refractivity contribution is 4.94. The molecule has 0 spiro atoms. The predicted molar refractivity (Wildman–Crippen MR) is 151 cm³/mol. The molecule has 1 fully saturated rings. The Bertz CT molecular complexity index is 390. The van der Waals surface area contributed by atoms with Crippen molar-refractivity contribution in [2.75, 3.05) is 14.1 Å². The van der Waals surface area contributed by atoms with Gasteiger partial charge >= 0.3 is 0 Å². The summed E-state index contributed by atoms with van der Waals surface area (Å²) in [5.41, 5.74) is 0. The van der Waals surface area contributed by atoms with E-state index in [-0.39, 0.29) is 0 Å². The van der Waals surface area contributed by atoms with Crippen molar-refractivity contribution in [1.82, 2.24) is 4.90 Å². The van der Waals surface area contributed by atoms with Gasteiger partial charge in [-0.1, -0.05) is 162 Å². The molecule has 1 aliphatic rings. The smallest absolute Gasteiger partial charge is 0.0120 e. The van der Waals surface area contributed by atoms with E-state index < -0.39 is 0 Å². The summed E-state index contributed by atoms with van der Waals surface area (Å²) in [7, 11) is 4.66. The third-order valence-corrected chi connectivity index (χ3v) is 8.42. The van der Waals surface area contributed by atoms with E-state index in [1.54, 1.807) is 0 Å². The zero-order valence-electron chi connectivity index (χ0n) is 23.9. The lowest BCUT2D eigenvalue weighted by Gasteiger charge is -2.25. The molecule has 0 aromatic carbocycles. The highest BCUT2D eigenvalue weighted by Crippen LogP contribution is 2.47. The largest absolute Gasteiger partial charge is 0.306 e. The van der Waals surface area contributed by atoms with Gasteiger partial charge in [0, 0.05) is 6.04 Å². The van der Waals surface area contributed by atoms with Crippen LogP contribution in [0.2, 0.25) is 0 Å². The summed E-state index contributed by atoms with van der Waals surface area (Å²) in [5.74, 6) is 2.08. The number of hydrogen-bond donors (Lipinski definition) is 0. The van der Waals surface area contributed by atoms with Gasteiger partial charge in [-0.25, -0.2) is 0 Å². The van der Waals surface area contributed by atoms with Crippen LogP contribution in [0.15, 0.2) is 0 Å². The van der Waals surface area contributed by atoms with Gasteiger partial charge in [0.15, 0.2) is 0 Å². The van der Waals surface area contributed by atoms with Gasteiger partial charge in [0.05, 0.1) is 0 Å². The SMILES string of the molecule is CCCCCCCCCCCCCCCCCCC([C@H]1C[C@H]1CCCCCCCC)N(C)C. The first kappa shape index (κ1) is 31.0. The van der Waals surface area contributed by atoms with Crippen LogP contribution in [0, 0.1) is 11.8 Å². The number of unbranched alkanes of at least 4 members (excludes halogenated alkanes) is 20. The van der Waals surface area contributed by atoms with Crippen LogP contribution >= 0.6 is 0 Å². The van der Waals surface area contributed by atoms with Crippen molar-refractivity contribution in [3.8, 4) is 0 Å². The van der Waals surface area contributed by atoms with E-state index in [2.05, 4.69) is 32.8 Å². The van der Waals surface area contributed by atoms with Gasteiger partial charge in [0.2, 0.25) is 0 Å². The average molecular weight is 464 g/mol. The van der Waals surface area contributed by atoms with Crippen LogP contribution in [-0.2, 0) is 0 Å². The Morgan fingerprint density at radius 2 is 0.879 bits per heavy atom. The lowest BCUT2D eigenvalue weighted by Crippen LogP contribution is -2.30. The number of rotatable bonds is 26. The van der Waals surface area contributed by atoms with Crippen LogP contribution in [0.3, 0.4) is 0 Å². The van der Waals surface area contributed by atoms with Crippen LogP contribution < -0.4 is 0 Å². The molecule has 0 bridgehead atoms. The standard InChI is InChI=1S/C32H65N/c1-5-7-9-11-13-14-15-16-17-18-19-20-21-22-24-26-28-32(33(3)4)31-29-30(31)27-25-23-12-10-8-6-2/h30-32H,5-29H2,1-4H3/t30-,31+,32?/m1/s1. The summed E-state index contributed by atoms with van der Waals surface area (Å²) >= 11 is 0. The molecule has 0 radical (unpaired) electrons. The van der Waals surface area contributed by atoms with Gasteiger partial charge in [0.25, 0.3) is 0 Å². The van der Waals surface area contributed by atoms with Crippen molar-refractivity contribution in [3.05, 3.63) is 0 Å². The van der Waals surface area contributed by atoms with Crippen LogP contribution in [0.4, 0.5) is 0 Å². The van der Waals surface area contributed by atoms with Gasteiger partial charge in [-0.2, -0.15) is 0 Å². The first-order valence-electron chi connectivity index (χ1n) is 15.9. The summed E-state index contributed by atoms with van der Waals surface area (Å²) in [6.45, 7) is 4.62. The fourth-order valence-corrected chi connectivity index (χ4v) is 6.02. The summed E-state index contributed by atoms with van der Waals surface area (Å²) in [6, 6.07) is 0.863. The molecule has 198 valence electrons. The molecule has 1 unspecified atom stereocenters. The van der Waals surface area contributed by atoms with Gasteiger partial charge in [-0.3, -0.25) is 0 Å². The number of nitrogens with zero attached hydrogens (tertiary/aromatic N) is 1. The Morgan fingerprint density at radius 1 is 0.515 bits per heavy atom. The van der Waals surface area contributed by atoms with Gasteiger partial charge in [-0.15, -0.1) is 0 Å². The Balaban J connectivity index is 1.87. The molecule has 3 atom stereocenters. The molecule has 33 heavy (non-hydrogen) atoms. The normalized spacial score (nSPS) is 18.8. The van der Waals surface area contributed by atoms with Gasteiger partial charge in [0.1, 0.15) is 0 Å². The molecule has 1 saturated carbocycles. The van der Waals surface area contributed by atoms with Crippen LogP contribution in [0.1, 0.15) is 174 Å². The maximum atomic E-state index is 2.55. The van der Waals surface area contributed by atoms with E-state index in [0.717, 1.165) is 17.9 Å². The second kappa shape index (κ2) is 22.4. The summed E-state index contributed by atoms with van der Waals surface area (Å²) in [6.07, 6.45) is 36.7. The summed E-state index contributed by atoms with van der Waals surface area (Å²) < 4.78 is 0. The second-order valence-corrected chi connectivity index (χ2v) is 11.8. The molecule has 0 amide bonds. The Kier molecular flexibility index (Phi) is 21.1. The van der Waals surface area contributed by atoms with Crippen LogP contribution in [-0.4, -0.2) is 25.0 Å². The van der Waals surface area contributed by atoms with Crippen LogP contribution in [0.5, 0.6) is 0 Å². The van der Waals surface area contributed by atoms with E-state index >= 15 is 0 Å². The van der Waals surface area contributed by atoms with Gasteiger partial charge in [-0.05, 0) is 38.8 Å². The first-order valence-corrected chi connectivity index (χ1v) is 15.9. The third-order valence-electron chi connectivity index (χ3n) is 8.42. The number of hydrogen-bond acceptors (Lipinski definition) is 1. The molecule has 0 aromatic rings. The molecule has 0 saturated heterocycles. The third kappa shape index (κ3) is 18.0. The molecule has 1 aliphatic carbocycles. The molecular weight excluding hydrogens is 398 g/mol. The maximum Gasteiger partial charge on any atom is 0.0120 e. The zero-order valence-corrected chi connectivity index (χ0v) is 23.9. The van der Waals surface area contributed by atoms with Crippen molar-refractivity contribution in [2.45, 2.75) is 180 Å². The first-order chi connectivity index (χ1) is 16.2. The molecule has 0 aromatic heterocycles. The van der Waals surface area contributed by atoms with Crippen molar-refractivity contribution >= 4 is 0 Å². The lowest BCUT2D eigenvalue weighted by molar-refractivity contribution is 0.234. The maximum absolute atomic E-state index is 2.55. The van der Waals surface area contributed by atoms with Crippen molar-refractivity contribution in [2.24, 2.45) is 11.8 Å². The van der Waals surface area contributed by atoms with E-state index in [4.69, 9.17) is 0 Å². The topological polar surface area (TPSA) is 3.24 Å². The Hall–Kier alpha value is -0.0400. The van der Waals surface area contributed by atoms with Crippen molar-refractivity contribution < 1.29 is 0 Å². The molecule has 1 nitrogen and oxygen atoms in total. The minimum Gasteiger partial charge on any atom is -0.306 e. The minimum atomic E-state index is 0.863. The lowest BCUT2D eigenvalue weighted by atomic mass is 9.98. The highest BCUT2D eigenvalue weighted by atomic mass is 15.1. The summed E-state index contributed by atoms with van der Waals surface area (Å²) in [5, 5.41) is 0. The average Bonchev–Trinajstić information content (AvgIpc) is 3.57. The Morgan fingerprint density at radius 3 is 1.27 bits per heavy atom.